The van der Waals surface area contributed by atoms with E-state index in [4.69, 9.17) is 0 Å². The summed E-state index contributed by atoms with van der Waals surface area (Å²) in [5.74, 6) is 0.0668. The Bertz CT molecular complexity index is 517. The molecular formula is C12H14N2OS2. The Kier molecular flexibility index (Phi) is 3.59. The van der Waals surface area contributed by atoms with Crippen LogP contribution in [0.1, 0.15) is 40.8 Å². The third kappa shape index (κ3) is 2.56. The Balaban J connectivity index is 2.22. The van der Waals surface area contributed by atoms with Crippen LogP contribution in [0.3, 0.4) is 0 Å². The van der Waals surface area contributed by atoms with E-state index in [1.165, 1.54) is 16.4 Å². The summed E-state index contributed by atoms with van der Waals surface area (Å²) in [6, 6.07) is 4.32. The molecule has 0 amide bonds. The predicted octanol–water partition coefficient (Wildman–Crippen LogP) is 3.89. The summed E-state index contributed by atoms with van der Waals surface area (Å²) in [5, 5.41) is 6.28. The van der Waals surface area contributed by atoms with Gasteiger partial charge in [-0.1, -0.05) is 6.07 Å². The molecule has 1 unspecified atom stereocenters. The largest absolute Gasteiger partial charge is 0.368 e. The van der Waals surface area contributed by atoms with E-state index in [1.54, 1.807) is 18.3 Å². The van der Waals surface area contributed by atoms with Crippen molar-refractivity contribution in [2.45, 2.75) is 26.8 Å². The Morgan fingerprint density at radius 2 is 2.29 bits per heavy atom. The number of Topliss-reactive ketones (excluding diaryl/α,β-unsaturated/α-hetero) is 1. The normalized spacial score (nSPS) is 12.4. The van der Waals surface area contributed by atoms with Gasteiger partial charge in [0.25, 0.3) is 0 Å². The van der Waals surface area contributed by atoms with E-state index in [0.717, 1.165) is 16.3 Å². The average Bonchev–Trinajstić information content (AvgIpc) is 2.87. The zero-order valence-electron chi connectivity index (χ0n) is 9.98. The van der Waals surface area contributed by atoms with Gasteiger partial charge in [-0.15, -0.1) is 11.3 Å². The van der Waals surface area contributed by atoms with Gasteiger partial charge in [0.15, 0.2) is 5.78 Å². The first-order valence-electron chi connectivity index (χ1n) is 5.36. The lowest BCUT2D eigenvalue weighted by Crippen LogP contribution is -2.07. The molecule has 0 saturated heterocycles. The van der Waals surface area contributed by atoms with Gasteiger partial charge in [0.05, 0.1) is 17.3 Å². The van der Waals surface area contributed by atoms with Gasteiger partial charge in [-0.25, -0.2) is 0 Å². The van der Waals surface area contributed by atoms with Crippen molar-refractivity contribution >= 4 is 33.7 Å². The highest BCUT2D eigenvalue weighted by Crippen LogP contribution is 2.30. The summed E-state index contributed by atoms with van der Waals surface area (Å²) in [6.07, 6.45) is 0. The molecular weight excluding hydrogens is 252 g/mol. The van der Waals surface area contributed by atoms with Crippen molar-refractivity contribution in [3.8, 4) is 0 Å². The standard InChI is InChI=1S/C12H14N2OS2/c1-7(10-5-4-6-16-10)13-12-11(9(3)15)8(2)14-17-12/h4-7,13H,1-3H3. The molecule has 1 N–H and O–H groups in total. The third-order valence-electron chi connectivity index (χ3n) is 2.53. The first-order chi connectivity index (χ1) is 8.09. The Morgan fingerprint density at radius 3 is 2.88 bits per heavy atom. The average molecular weight is 266 g/mol. The van der Waals surface area contributed by atoms with Crippen molar-refractivity contribution in [1.29, 1.82) is 0 Å². The van der Waals surface area contributed by atoms with Gasteiger partial charge in [0.2, 0.25) is 0 Å². The third-order valence-corrected chi connectivity index (χ3v) is 4.46. The molecule has 2 rings (SSSR count). The van der Waals surface area contributed by atoms with Crippen molar-refractivity contribution in [2.24, 2.45) is 0 Å². The number of aromatic nitrogens is 1. The molecule has 0 aliphatic heterocycles. The molecule has 1 atom stereocenters. The molecule has 0 aromatic carbocycles. The van der Waals surface area contributed by atoms with Gasteiger partial charge < -0.3 is 5.32 Å². The second kappa shape index (κ2) is 4.98. The van der Waals surface area contributed by atoms with E-state index < -0.39 is 0 Å². The van der Waals surface area contributed by atoms with Crippen LogP contribution >= 0.6 is 22.9 Å². The molecule has 0 spiro atoms. The van der Waals surface area contributed by atoms with Gasteiger partial charge in [-0.05, 0) is 43.8 Å². The second-order valence-electron chi connectivity index (χ2n) is 3.91. The second-order valence-corrected chi connectivity index (χ2v) is 5.66. The number of ketones is 1. The molecule has 0 saturated carbocycles. The number of hydrogen-bond acceptors (Lipinski definition) is 5. The lowest BCUT2D eigenvalue weighted by molar-refractivity contribution is 0.101. The number of carbonyl (C=O) groups is 1. The molecule has 5 heteroatoms. The van der Waals surface area contributed by atoms with Crippen LogP contribution in [0.2, 0.25) is 0 Å². The molecule has 0 bridgehead atoms. The van der Waals surface area contributed by atoms with E-state index in [-0.39, 0.29) is 11.8 Å². The fraction of sp³-hybridized carbons (Fsp3) is 0.333. The zero-order valence-corrected chi connectivity index (χ0v) is 11.6. The lowest BCUT2D eigenvalue weighted by atomic mass is 10.1. The molecule has 2 aromatic rings. The van der Waals surface area contributed by atoms with Crippen LogP contribution in [-0.2, 0) is 0 Å². The van der Waals surface area contributed by atoms with Crippen LogP contribution in [0.4, 0.5) is 5.00 Å². The van der Waals surface area contributed by atoms with Crippen LogP contribution in [0, 0.1) is 6.92 Å². The zero-order chi connectivity index (χ0) is 12.4. The number of carbonyl (C=O) groups excluding carboxylic acids is 1. The number of nitrogens with zero attached hydrogens (tertiary/aromatic N) is 1. The molecule has 0 fully saturated rings. The van der Waals surface area contributed by atoms with E-state index in [0.29, 0.717) is 0 Å². The number of anilines is 1. The Hall–Kier alpha value is -1.20. The van der Waals surface area contributed by atoms with Crippen LogP contribution in [0.5, 0.6) is 0 Å². The highest BCUT2D eigenvalue weighted by molar-refractivity contribution is 7.11. The van der Waals surface area contributed by atoms with Crippen molar-refractivity contribution in [1.82, 2.24) is 4.37 Å². The van der Waals surface area contributed by atoms with E-state index in [1.807, 2.05) is 13.0 Å². The van der Waals surface area contributed by atoms with Crippen LogP contribution in [0.15, 0.2) is 17.5 Å². The minimum absolute atomic E-state index is 0.0668. The van der Waals surface area contributed by atoms with Crippen LogP contribution in [0.25, 0.3) is 0 Å². The highest BCUT2D eigenvalue weighted by Gasteiger charge is 2.17. The number of rotatable bonds is 4. The topological polar surface area (TPSA) is 42.0 Å². The summed E-state index contributed by atoms with van der Waals surface area (Å²) in [7, 11) is 0. The molecule has 17 heavy (non-hydrogen) atoms. The maximum Gasteiger partial charge on any atom is 0.164 e. The quantitative estimate of drug-likeness (QED) is 0.854. The summed E-state index contributed by atoms with van der Waals surface area (Å²) < 4.78 is 4.23. The first-order valence-corrected chi connectivity index (χ1v) is 7.02. The summed E-state index contributed by atoms with van der Waals surface area (Å²) in [6.45, 7) is 5.54. The molecule has 90 valence electrons. The maximum atomic E-state index is 11.5. The van der Waals surface area contributed by atoms with E-state index in [2.05, 4.69) is 28.1 Å². The first kappa shape index (κ1) is 12.3. The lowest BCUT2D eigenvalue weighted by Gasteiger charge is -2.12. The molecule has 0 aliphatic carbocycles. The molecule has 2 heterocycles. The van der Waals surface area contributed by atoms with Gasteiger partial charge in [0.1, 0.15) is 5.00 Å². The summed E-state index contributed by atoms with van der Waals surface area (Å²) >= 11 is 3.06. The van der Waals surface area contributed by atoms with Gasteiger partial charge in [-0.2, -0.15) is 4.37 Å². The van der Waals surface area contributed by atoms with Crippen LogP contribution in [-0.4, -0.2) is 10.2 Å². The van der Waals surface area contributed by atoms with Crippen molar-refractivity contribution in [2.75, 3.05) is 5.32 Å². The van der Waals surface area contributed by atoms with E-state index >= 15 is 0 Å². The number of aryl methyl sites for hydroxylation is 1. The predicted molar refractivity (Wildman–Crippen MR) is 73.2 cm³/mol. The minimum atomic E-state index is 0.0668. The SMILES string of the molecule is CC(=O)c1c(C)nsc1NC(C)c1cccs1. The molecule has 0 radical (unpaired) electrons. The number of nitrogens with one attached hydrogen (secondary N) is 1. The maximum absolute atomic E-state index is 11.5. The molecule has 3 nitrogen and oxygen atoms in total. The Labute approximate surface area is 109 Å². The fourth-order valence-corrected chi connectivity index (χ4v) is 3.35. The smallest absolute Gasteiger partial charge is 0.164 e. The highest BCUT2D eigenvalue weighted by atomic mass is 32.1. The number of hydrogen-bond donors (Lipinski definition) is 1. The van der Waals surface area contributed by atoms with Gasteiger partial charge >= 0.3 is 0 Å². The minimum Gasteiger partial charge on any atom is -0.368 e. The van der Waals surface area contributed by atoms with Crippen molar-refractivity contribution in [3.05, 3.63) is 33.6 Å². The van der Waals surface area contributed by atoms with E-state index in [9.17, 15) is 4.79 Å². The fourth-order valence-electron chi connectivity index (χ4n) is 1.69. The molecule has 2 aromatic heterocycles. The summed E-state index contributed by atoms with van der Waals surface area (Å²) in [5.41, 5.74) is 1.53. The summed E-state index contributed by atoms with van der Waals surface area (Å²) in [4.78, 5) is 12.8. The number of thiophene rings is 1. The van der Waals surface area contributed by atoms with Crippen molar-refractivity contribution in [3.63, 3.8) is 0 Å². The van der Waals surface area contributed by atoms with Gasteiger partial charge in [-0.3, -0.25) is 4.79 Å². The Morgan fingerprint density at radius 1 is 1.53 bits per heavy atom. The van der Waals surface area contributed by atoms with Crippen molar-refractivity contribution < 1.29 is 4.79 Å². The molecule has 0 aliphatic rings. The monoisotopic (exact) mass is 266 g/mol. The van der Waals surface area contributed by atoms with Crippen LogP contribution < -0.4 is 5.32 Å². The van der Waals surface area contributed by atoms with Gasteiger partial charge in [0, 0.05) is 4.88 Å².